The summed E-state index contributed by atoms with van der Waals surface area (Å²) in [6.07, 6.45) is 6.91. The summed E-state index contributed by atoms with van der Waals surface area (Å²) < 4.78 is 9.70. The van der Waals surface area contributed by atoms with Crippen LogP contribution in [0.2, 0.25) is 0 Å². The van der Waals surface area contributed by atoms with Crippen LogP contribution in [0.4, 0.5) is 5.69 Å². The summed E-state index contributed by atoms with van der Waals surface area (Å²) in [5, 5.41) is 8.53. The minimum Gasteiger partial charge on any atom is -0.492 e. The topological polar surface area (TPSA) is 109 Å². The molecular weight excluding hydrogens is 518 g/mol. The van der Waals surface area contributed by atoms with Gasteiger partial charge in [0.15, 0.2) is 0 Å². The lowest BCUT2D eigenvalue weighted by Crippen LogP contribution is -2.45. The fraction of sp³-hybridized carbons (Fsp3) is 0.267. The number of rotatable bonds is 8. The van der Waals surface area contributed by atoms with E-state index < -0.39 is 0 Å². The maximum atomic E-state index is 13.3. The first-order valence-electron chi connectivity index (χ1n) is 13.8. The number of pyridine rings is 1. The fourth-order valence-electron chi connectivity index (χ4n) is 5.36. The van der Waals surface area contributed by atoms with E-state index in [0.29, 0.717) is 30.2 Å². The Morgan fingerprint density at radius 1 is 1.05 bits per heavy atom. The molecule has 2 N–H and O–H groups in total. The van der Waals surface area contributed by atoms with E-state index in [1.54, 1.807) is 23.1 Å². The van der Waals surface area contributed by atoms with Gasteiger partial charge in [-0.1, -0.05) is 12.1 Å². The second-order valence-electron chi connectivity index (χ2n) is 10.5. The Bertz CT molecular complexity index is 1850. The largest absolute Gasteiger partial charge is 0.492 e. The molecule has 7 rings (SSSR count). The number of carbonyl (C=O) groups excluding carboxylic acids is 1. The molecule has 208 valence electrons. The van der Waals surface area contributed by atoms with Crippen LogP contribution in [0.25, 0.3) is 27.6 Å². The van der Waals surface area contributed by atoms with E-state index in [0.717, 1.165) is 66.0 Å². The molecule has 1 amide bonds. The van der Waals surface area contributed by atoms with Crippen molar-refractivity contribution in [3.8, 4) is 5.75 Å². The third kappa shape index (κ3) is 5.12. The number of nitrogens with one attached hydrogen (secondary N) is 2. The van der Waals surface area contributed by atoms with Gasteiger partial charge in [-0.25, -0.2) is 9.97 Å². The quantitative estimate of drug-likeness (QED) is 0.299. The van der Waals surface area contributed by atoms with Crippen LogP contribution in [0.1, 0.15) is 16.1 Å². The number of imidazole rings is 2. The minimum atomic E-state index is -0.245. The molecule has 0 saturated carbocycles. The van der Waals surface area contributed by atoms with Gasteiger partial charge in [0.25, 0.3) is 5.91 Å². The van der Waals surface area contributed by atoms with Gasteiger partial charge < -0.3 is 19.9 Å². The molecule has 11 nitrogen and oxygen atoms in total. The average molecular weight is 550 g/mol. The highest BCUT2D eigenvalue weighted by molar-refractivity contribution is 6.08. The predicted molar refractivity (Wildman–Crippen MR) is 158 cm³/mol. The summed E-state index contributed by atoms with van der Waals surface area (Å²) in [7, 11) is 2.15. The second-order valence-corrected chi connectivity index (χ2v) is 10.5. The molecule has 0 atom stereocenters. The Morgan fingerprint density at radius 2 is 1.95 bits per heavy atom. The van der Waals surface area contributed by atoms with E-state index in [1.807, 2.05) is 47.3 Å². The molecule has 41 heavy (non-hydrogen) atoms. The molecule has 0 bridgehead atoms. The van der Waals surface area contributed by atoms with Gasteiger partial charge in [0.1, 0.15) is 23.7 Å². The van der Waals surface area contributed by atoms with Crippen molar-refractivity contribution in [2.75, 3.05) is 51.7 Å². The molecule has 1 saturated heterocycles. The van der Waals surface area contributed by atoms with Crippen molar-refractivity contribution in [2.24, 2.45) is 0 Å². The lowest BCUT2D eigenvalue weighted by molar-refractivity contribution is 0.102. The van der Waals surface area contributed by atoms with Crippen LogP contribution in [-0.4, -0.2) is 91.2 Å². The van der Waals surface area contributed by atoms with E-state index in [-0.39, 0.29) is 5.91 Å². The zero-order chi connectivity index (χ0) is 27.8. The highest BCUT2D eigenvalue weighted by Gasteiger charge is 2.17. The number of amides is 1. The number of H-pyrrole nitrogens is 1. The summed E-state index contributed by atoms with van der Waals surface area (Å²) in [6, 6.07) is 15.7. The Balaban J connectivity index is 1.04. The number of aromatic amines is 1. The van der Waals surface area contributed by atoms with Crippen molar-refractivity contribution in [1.29, 1.82) is 0 Å². The van der Waals surface area contributed by atoms with Crippen LogP contribution >= 0.6 is 0 Å². The zero-order valence-corrected chi connectivity index (χ0v) is 22.8. The van der Waals surface area contributed by atoms with Crippen LogP contribution < -0.4 is 10.1 Å². The average Bonchev–Trinajstić information content (AvgIpc) is 3.73. The van der Waals surface area contributed by atoms with Crippen molar-refractivity contribution in [1.82, 2.24) is 38.9 Å². The monoisotopic (exact) mass is 549 g/mol. The number of carbonyl (C=O) groups is 1. The molecule has 0 unspecified atom stereocenters. The highest BCUT2D eigenvalue weighted by Crippen LogP contribution is 2.25. The number of aromatic nitrogens is 6. The highest BCUT2D eigenvalue weighted by atomic mass is 16.5. The van der Waals surface area contributed by atoms with E-state index >= 15 is 0 Å². The Morgan fingerprint density at radius 3 is 2.85 bits per heavy atom. The van der Waals surface area contributed by atoms with Gasteiger partial charge in [-0.2, -0.15) is 5.10 Å². The van der Waals surface area contributed by atoms with Gasteiger partial charge in [-0.05, 0) is 42.9 Å². The van der Waals surface area contributed by atoms with Crippen LogP contribution in [-0.2, 0) is 6.54 Å². The van der Waals surface area contributed by atoms with E-state index in [1.165, 1.54) is 0 Å². The van der Waals surface area contributed by atoms with Crippen LogP contribution in [0, 0.1) is 0 Å². The Hall–Kier alpha value is -4.74. The molecule has 4 aromatic heterocycles. The van der Waals surface area contributed by atoms with Crippen molar-refractivity contribution in [3.05, 3.63) is 84.7 Å². The number of nitrogens with zero attached hydrogens (tertiary/aromatic N) is 7. The van der Waals surface area contributed by atoms with Crippen molar-refractivity contribution in [2.45, 2.75) is 6.54 Å². The minimum absolute atomic E-state index is 0.245. The van der Waals surface area contributed by atoms with Gasteiger partial charge >= 0.3 is 0 Å². The second kappa shape index (κ2) is 10.7. The number of anilines is 1. The van der Waals surface area contributed by atoms with Crippen LogP contribution in [0.3, 0.4) is 0 Å². The zero-order valence-electron chi connectivity index (χ0n) is 22.8. The first-order valence-corrected chi connectivity index (χ1v) is 13.8. The van der Waals surface area contributed by atoms with Gasteiger partial charge in [-0.15, -0.1) is 0 Å². The third-order valence-corrected chi connectivity index (χ3v) is 7.74. The summed E-state index contributed by atoms with van der Waals surface area (Å²) in [5.74, 6) is 0.498. The summed E-state index contributed by atoms with van der Waals surface area (Å²) in [5.41, 5.74) is 5.75. The Kier molecular flexibility index (Phi) is 6.57. The lowest BCUT2D eigenvalue weighted by Gasteiger charge is -2.32. The molecule has 0 spiro atoms. The summed E-state index contributed by atoms with van der Waals surface area (Å²) >= 11 is 0. The third-order valence-electron chi connectivity index (χ3n) is 7.74. The first kappa shape index (κ1) is 25.2. The van der Waals surface area contributed by atoms with E-state index in [4.69, 9.17) is 4.74 Å². The number of likely N-dealkylation sites (N-methyl/N-ethyl adjacent to an activating group) is 1. The van der Waals surface area contributed by atoms with Gasteiger partial charge in [0, 0.05) is 50.4 Å². The lowest BCUT2D eigenvalue weighted by atomic mass is 10.2. The maximum Gasteiger partial charge on any atom is 0.274 e. The SMILES string of the molecule is CN1CCN(CCOc2ccn3c(C(=O)Nc4cccc5c4cnn5Cc4ccc5[nH]cnc5c4)cnc3c2)CC1. The molecule has 1 aliphatic heterocycles. The molecule has 0 aliphatic carbocycles. The fourth-order valence-corrected chi connectivity index (χ4v) is 5.36. The predicted octanol–water partition coefficient (Wildman–Crippen LogP) is 3.49. The first-order chi connectivity index (χ1) is 20.1. The van der Waals surface area contributed by atoms with E-state index in [2.05, 4.69) is 54.3 Å². The molecule has 2 aromatic carbocycles. The molecule has 1 aliphatic rings. The van der Waals surface area contributed by atoms with Gasteiger partial charge in [-0.3, -0.25) is 18.8 Å². The summed E-state index contributed by atoms with van der Waals surface area (Å²) in [6.45, 7) is 6.40. The molecule has 1 fully saturated rings. The molecule has 0 radical (unpaired) electrons. The molecule has 6 aromatic rings. The van der Waals surface area contributed by atoms with E-state index in [9.17, 15) is 4.79 Å². The van der Waals surface area contributed by atoms with Crippen LogP contribution in [0.5, 0.6) is 5.75 Å². The number of fused-ring (bicyclic) bond motifs is 3. The normalized spacial score (nSPS) is 14.8. The number of benzene rings is 2. The standard InChI is InChI=1S/C30H31N9O2/c1-36-9-11-37(12-10-36)13-14-41-22-7-8-38-28(18-31-29(38)16-22)30(40)35-24-3-2-4-27-23(24)17-34-39(27)19-21-5-6-25-26(15-21)33-20-32-25/h2-8,15-18,20H,9-14,19H2,1H3,(H,32,33)(H,35,40). The van der Waals surface area contributed by atoms with Crippen molar-refractivity contribution >= 4 is 39.2 Å². The number of hydrogen-bond donors (Lipinski definition) is 2. The number of hydrogen-bond acceptors (Lipinski definition) is 7. The number of piperazine rings is 1. The Labute approximate surface area is 236 Å². The summed E-state index contributed by atoms with van der Waals surface area (Å²) in [4.78, 5) is 30.0. The maximum absolute atomic E-state index is 13.3. The van der Waals surface area contributed by atoms with Gasteiger partial charge in [0.2, 0.25) is 0 Å². The molecule has 11 heteroatoms. The van der Waals surface area contributed by atoms with Crippen molar-refractivity contribution in [3.63, 3.8) is 0 Å². The van der Waals surface area contributed by atoms with Crippen molar-refractivity contribution < 1.29 is 9.53 Å². The van der Waals surface area contributed by atoms with Crippen LogP contribution in [0.15, 0.2) is 73.4 Å². The molecule has 5 heterocycles. The number of ether oxygens (including phenoxy) is 1. The van der Waals surface area contributed by atoms with Gasteiger partial charge in [0.05, 0.1) is 47.5 Å². The smallest absolute Gasteiger partial charge is 0.274 e. The molecular formula is C30H31N9O2.